The summed E-state index contributed by atoms with van der Waals surface area (Å²) in [5.41, 5.74) is 1.12. The number of thiophene rings is 1. The van der Waals surface area contributed by atoms with Gasteiger partial charge in [-0.05, 0) is 39.2 Å². The Balaban J connectivity index is 1.74. The topological polar surface area (TPSA) is 59.8 Å². The second-order valence-corrected chi connectivity index (χ2v) is 8.39. The van der Waals surface area contributed by atoms with Crippen molar-refractivity contribution >= 4 is 29.0 Å². The predicted octanol–water partition coefficient (Wildman–Crippen LogP) is 3.91. The molecule has 24 heavy (non-hydrogen) atoms. The van der Waals surface area contributed by atoms with Crippen LogP contribution in [0.2, 0.25) is 0 Å². The molecule has 3 rings (SSSR count). The van der Waals surface area contributed by atoms with E-state index in [0.717, 1.165) is 42.2 Å². The SMILES string of the molecule is CCCc1cc(-c2nnc(SCC(=O)NC3CC3)n2C(C)C)cs1. The van der Waals surface area contributed by atoms with E-state index < -0.39 is 0 Å². The molecule has 7 heteroatoms. The highest BCUT2D eigenvalue weighted by Crippen LogP contribution is 2.31. The van der Waals surface area contributed by atoms with Crippen molar-refractivity contribution in [2.45, 2.75) is 63.7 Å². The van der Waals surface area contributed by atoms with Crippen molar-refractivity contribution in [3.05, 3.63) is 16.3 Å². The van der Waals surface area contributed by atoms with Gasteiger partial charge < -0.3 is 5.32 Å². The predicted molar refractivity (Wildman–Crippen MR) is 99.6 cm³/mol. The smallest absolute Gasteiger partial charge is 0.230 e. The molecular formula is C17H24N4OS2. The molecule has 130 valence electrons. The zero-order chi connectivity index (χ0) is 17.1. The second-order valence-electron chi connectivity index (χ2n) is 6.45. The van der Waals surface area contributed by atoms with Crippen LogP contribution in [0.15, 0.2) is 16.6 Å². The van der Waals surface area contributed by atoms with E-state index in [0.29, 0.717) is 11.8 Å². The molecule has 1 N–H and O–H groups in total. The Morgan fingerprint density at radius 2 is 2.25 bits per heavy atom. The summed E-state index contributed by atoms with van der Waals surface area (Å²) in [7, 11) is 0. The summed E-state index contributed by atoms with van der Waals surface area (Å²) in [6.45, 7) is 6.44. The van der Waals surface area contributed by atoms with Gasteiger partial charge in [0.1, 0.15) is 0 Å². The fraction of sp³-hybridized carbons (Fsp3) is 0.588. The molecular weight excluding hydrogens is 340 g/mol. The summed E-state index contributed by atoms with van der Waals surface area (Å²) in [5.74, 6) is 1.38. The standard InChI is InChI=1S/C17H24N4OS2/c1-4-5-14-8-12(9-23-14)16-19-20-17(21(16)11(2)3)24-10-15(22)18-13-6-7-13/h8-9,11,13H,4-7,10H2,1-3H3,(H,18,22). The zero-order valence-corrected chi connectivity index (χ0v) is 16.0. The summed E-state index contributed by atoms with van der Waals surface area (Å²) in [4.78, 5) is 13.3. The third-order valence-corrected chi connectivity index (χ3v) is 5.80. The maximum Gasteiger partial charge on any atom is 0.230 e. The summed E-state index contributed by atoms with van der Waals surface area (Å²) in [5, 5.41) is 14.7. The summed E-state index contributed by atoms with van der Waals surface area (Å²) < 4.78 is 2.13. The van der Waals surface area contributed by atoms with Gasteiger partial charge in [-0.15, -0.1) is 21.5 Å². The minimum atomic E-state index is 0.0862. The molecule has 2 heterocycles. The van der Waals surface area contributed by atoms with E-state index >= 15 is 0 Å². The van der Waals surface area contributed by atoms with Gasteiger partial charge in [-0.1, -0.05) is 25.1 Å². The van der Waals surface area contributed by atoms with Crippen LogP contribution < -0.4 is 5.32 Å². The molecule has 0 atom stereocenters. The number of thioether (sulfide) groups is 1. The van der Waals surface area contributed by atoms with Crippen molar-refractivity contribution in [1.29, 1.82) is 0 Å². The first kappa shape index (κ1) is 17.5. The molecule has 1 fully saturated rings. The number of hydrogen-bond donors (Lipinski definition) is 1. The number of nitrogens with one attached hydrogen (secondary N) is 1. The maximum absolute atomic E-state index is 11.9. The molecule has 5 nitrogen and oxygen atoms in total. The van der Waals surface area contributed by atoms with Crippen molar-refractivity contribution in [2.75, 3.05) is 5.75 Å². The van der Waals surface area contributed by atoms with E-state index in [1.165, 1.54) is 16.6 Å². The second kappa shape index (κ2) is 7.70. The number of aryl methyl sites for hydroxylation is 1. The van der Waals surface area contributed by atoms with E-state index in [-0.39, 0.29) is 11.9 Å². The van der Waals surface area contributed by atoms with Crippen LogP contribution in [0, 0.1) is 0 Å². The fourth-order valence-corrected chi connectivity index (χ4v) is 4.39. The van der Waals surface area contributed by atoms with E-state index in [4.69, 9.17) is 0 Å². The Kier molecular flexibility index (Phi) is 5.61. The van der Waals surface area contributed by atoms with Crippen molar-refractivity contribution in [2.24, 2.45) is 0 Å². The van der Waals surface area contributed by atoms with Crippen LogP contribution in [0.5, 0.6) is 0 Å². The lowest BCUT2D eigenvalue weighted by Crippen LogP contribution is -2.27. The summed E-state index contributed by atoms with van der Waals surface area (Å²) >= 11 is 3.25. The summed E-state index contributed by atoms with van der Waals surface area (Å²) in [6.07, 6.45) is 4.47. The van der Waals surface area contributed by atoms with Gasteiger partial charge in [-0.3, -0.25) is 9.36 Å². The molecule has 0 aromatic carbocycles. The molecule has 1 saturated carbocycles. The monoisotopic (exact) mass is 364 g/mol. The Hall–Kier alpha value is -1.34. The van der Waals surface area contributed by atoms with Crippen LogP contribution >= 0.6 is 23.1 Å². The van der Waals surface area contributed by atoms with Crippen molar-refractivity contribution in [3.8, 4) is 11.4 Å². The Bertz CT molecular complexity index is 703. The lowest BCUT2D eigenvalue weighted by Gasteiger charge is -2.13. The van der Waals surface area contributed by atoms with Gasteiger partial charge in [-0.25, -0.2) is 0 Å². The molecule has 0 spiro atoms. The molecule has 2 aromatic rings. The highest BCUT2D eigenvalue weighted by molar-refractivity contribution is 7.99. The molecule has 0 aliphatic heterocycles. The average molecular weight is 365 g/mol. The molecule has 1 aliphatic rings. The minimum absolute atomic E-state index is 0.0862. The Morgan fingerprint density at radius 1 is 1.46 bits per heavy atom. The van der Waals surface area contributed by atoms with E-state index in [1.54, 1.807) is 11.3 Å². The van der Waals surface area contributed by atoms with Gasteiger partial charge in [-0.2, -0.15) is 0 Å². The lowest BCUT2D eigenvalue weighted by atomic mass is 10.2. The first-order valence-electron chi connectivity index (χ1n) is 8.53. The number of nitrogens with zero attached hydrogens (tertiary/aromatic N) is 3. The quantitative estimate of drug-likeness (QED) is 0.722. The first-order chi connectivity index (χ1) is 11.6. The van der Waals surface area contributed by atoms with Crippen molar-refractivity contribution in [1.82, 2.24) is 20.1 Å². The molecule has 0 unspecified atom stereocenters. The van der Waals surface area contributed by atoms with Crippen LogP contribution in [-0.4, -0.2) is 32.5 Å². The van der Waals surface area contributed by atoms with Crippen LogP contribution in [0.3, 0.4) is 0 Å². The van der Waals surface area contributed by atoms with Gasteiger partial charge in [0.15, 0.2) is 11.0 Å². The molecule has 1 amide bonds. The maximum atomic E-state index is 11.9. The van der Waals surface area contributed by atoms with Gasteiger partial charge in [0.25, 0.3) is 0 Å². The highest BCUT2D eigenvalue weighted by atomic mass is 32.2. The van der Waals surface area contributed by atoms with Crippen LogP contribution in [-0.2, 0) is 11.2 Å². The fourth-order valence-electron chi connectivity index (χ4n) is 2.54. The Morgan fingerprint density at radius 3 is 2.92 bits per heavy atom. The third kappa shape index (κ3) is 4.19. The normalized spacial score (nSPS) is 14.3. The average Bonchev–Trinajstić information content (AvgIpc) is 3.07. The van der Waals surface area contributed by atoms with E-state index in [2.05, 4.69) is 52.3 Å². The molecule has 2 aromatic heterocycles. The highest BCUT2D eigenvalue weighted by Gasteiger charge is 2.24. The number of amides is 1. The summed E-state index contributed by atoms with van der Waals surface area (Å²) in [6, 6.07) is 2.86. The number of carbonyl (C=O) groups is 1. The number of hydrogen-bond acceptors (Lipinski definition) is 5. The van der Waals surface area contributed by atoms with E-state index in [9.17, 15) is 4.79 Å². The Labute approximate surface area is 151 Å². The van der Waals surface area contributed by atoms with Gasteiger partial charge >= 0.3 is 0 Å². The minimum Gasteiger partial charge on any atom is -0.353 e. The lowest BCUT2D eigenvalue weighted by molar-refractivity contribution is -0.118. The molecule has 1 aliphatic carbocycles. The van der Waals surface area contributed by atoms with Crippen LogP contribution in [0.1, 0.15) is 51.0 Å². The number of rotatable bonds is 8. The largest absolute Gasteiger partial charge is 0.353 e. The van der Waals surface area contributed by atoms with Crippen molar-refractivity contribution in [3.63, 3.8) is 0 Å². The van der Waals surface area contributed by atoms with Gasteiger partial charge in [0.2, 0.25) is 5.91 Å². The van der Waals surface area contributed by atoms with E-state index in [1.807, 2.05) is 0 Å². The molecule has 0 radical (unpaired) electrons. The molecule has 0 bridgehead atoms. The number of aromatic nitrogens is 3. The first-order valence-corrected chi connectivity index (χ1v) is 10.4. The zero-order valence-electron chi connectivity index (χ0n) is 14.4. The number of carbonyl (C=O) groups excluding carboxylic acids is 1. The van der Waals surface area contributed by atoms with Crippen molar-refractivity contribution < 1.29 is 4.79 Å². The third-order valence-electron chi connectivity index (χ3n) is 3.86. The van der Waals surface area contributed by atoms with Gasteiger partial charge in [0, 0.05) is 27.9 Å². The van der Waals surface area contributed by atoms with Crippen LogP contribution in [0.4, 0.5) is 0 Å². The van der Waals surface area contributed by atoms with Crippen LogP contribution in [0.25, 0.3) is 11.4 Å². The molecule has 0 saturated heterocycles. The van der Waals surface area contributed by atoms with Gasteiger partial charge in [0.05, 0.1) is 5.75 Å².